The molecule has 3 aromatic rings. The van der Waals surface area contributed by atoms with Gasteiger partial charge < -0.3 is 0 Å². The highest BCUT2D eigenvalue weighted by molar-refractivity contribution is 5.66. The van der Waals surface area contributed by atoms with Crippen LogP contribution in [0, 0.1) is 0 Å². The Hall–Kier alpha value is -2.38. The molecule has 1 heterocycles. The minimum Gasteiger partial charge on any atom is -0.292 e. The molecule has 1 nitrogen and oxygen atoms in total. The van der Waals surface area contributed by atoms with Gasteiger partial charge in [-0.15, -0.1) is 0 Å². The Labute approximate surface area is 149 Å². The summed E-state index contributed by atoms with van der Waals surface area (Å²) in [6, 6.07) is 29.4. The Bertz CT molecular complexity index is 869. The third-order valence-corrected chi connectivity index (χ3v) is 5.93. The lowest BCUT2D eigenvalue weighted by molar-refractivity contribution is 0.145. The van der Waals surface area contributed by atoms with E-state index in [2.05, 4.69) is 83.8 Å². The number of rotatable bonds is 3. The largest absolute Gasteiger partial charge is 0.292 e. The lowest BCUT2D eigenvalue weighted by Gasteiger charge is -2.33. The quantitative estimate of drug-likeness (QED) is 0.589. The molecule has 5 rings (SSSR count). The van der Waals surface area contributed by atoms with Crippen LogP contribution in [-0.2, 0) is 6.54 Å². The zero-order valence-corrected chi connectivity index (χ0v) is 14.4. The van der Waals surface area contributed by atoms with E-state index in [0.717, 1.165) is 12.5 Å². The average molecular weight is 325 g/mol. The topological polar surface area (TPSA) is 3.24 Å². The molecule has 0 spiro atoms. The number of likely N-dealkylation sites (tertiary alicyclic amines) is 1. The summed E-state index contributed by atoms with van der Waals surface area (Å²) in [7, 11) is 0. The van der Waals surface area contributed by atoms with Gasteiger partial charge in [0.15, 0.2) is 0 Å². The normalized spacial score (nSPS) is 21.9. The van der Waals surface area contributed by atoms with Crippen LogP contribution < -0.4 is 0 Å². The van der Waals surface area contributed by atoms with E-state index in [4.69, 9.17) is 0 Å². The van der Waals surface area contributed by atoms with Crippen molar-refractivity contribution in [3.05, 3.63) is 95.6 Å². The van der Waals surface area contributed by atoms with Gasteiger partial charge in [-0.3, -0.25) is 4.90 Å². The molecule has 3 aromatic carbocycles. The van der Waals surface area contributed by atoms with Crippen molar-refractivity contribution in [2.75, 3.05) is 6.54 Å². The third-order valence-electron chi connectivity index (χ3n) is 5.93. The van der Waals surface area contributed by atoms with Crippen molar-refractivity contribution in [3.63, 3.8) is 0 Å². The molecule has 1 saturated heterocycles. The molecule has 124 valence electrons. The first-order valence-electron chi connectivity index (χ1n) is 9.36. The van der Waals surface area contributed by atoms with E-state index in [1.807, 2.05) is 0 Å². The van der Waals surface area contributed by atoms with E-state index < -0.39 is 0 Å². The summed E-state index contributed by atoms with van der Waals surface area (Å²) in [5, 5.41) is 0. The Morgan fingerprint density at radius 3 is 2.32 bits per heavy atom. The summed E-state index contributed by atoms with van der Waals surface area (Å²) < 4.78 is 0. The summed E-state index contributed by atoms with van der Waals surface area (Å²) in [6.45, 7) is 2.27. The number of hydrogen-bond acceptors (Lipinski definition) is 1. The summed E-state index contributed by atoms with van der Waals surface area (Å²) in [4.78, 5) is 2.69. The first kappa shape index (κ1) is 14.9. The smallest absolute Gasteiger partial charge is 0.0360 e. The number of piperidine rings is 1. The summed E-state index contributed by atoms with van der Waals surface area (Å²) >= 11 is 0. The monoisotopic (exact) mass is 325 g/mol. The second kappa shape index (κ2) is 6.16. The first-order valence-corrected chi connectivity index (χ1v) is 9.36. The highest BCUT2D eigenvalue weighted by Gasteiger charge is 2.38. The van der Waals surface area contributed by atoms with Crippen LogP contribution in [0.25, 0.3) is 11.1 Å². The first-order chi connectivity index (χ1) is 12.4. The van der Waals surface area contributed by atoms with Crippen molar-refractivity contribution < 1.29 is 0 Å². The number of hydrogen-bond donors (Lipinski definition) is 0. The van der Waals surface area contributed by atoms with Gasteiger partial charge in [-0.2, -0.15) is 0 Å². The van der Waals surface area contributed by atoms with E-state index in [-0.39, 0.29) is 0 Å². The zero-order chi connectivity index (χ0) is 16.6. The van der Waals surface area contributed by atoms with Crippen LogP contribution in [0.3, 0.4) is 0 Å². The van der Waals surface area contributed by atoms with Gasteiger partial charge in [0, 0.05) is 12.6 Å². The minimum atomic E-state index is 0.581. The SMILES string of the molecule is c1ccc(CN2CCC3C[C@@H]2c2cc(-c4ccccc4)ccc23)cc1. The Balaban J connectivity index is 1.49. The van der Waals surface area contributed by atoms with Crippen LogP contribution in [0.1, 0.15) is 41.5 Å². The summed E-state index contributed by atoms with van der Waals surface area (Å²) in [5.74, 6) is 0.761. The van der Waals surface area contributed by atoms with Crippen molar-refractivity contribution in [1.82, 2.24) is 4.90 Å². The molecule has 0 N–H and O–H groups in total. The summed E-state index contributed by atoms with van der Waals surface area (Å²) in [6.07, 6.45) is 2.58. The second-order valence-electron chi connectivity index (χ2n) is 7.40. The number of nitrogens with zero attached hydrogens (tertiary/aromatic N) is 1. The molecule has 2 bridgehead atoms. The van der Waals surface area contributed by atoms with Gasteiger partial charge in [0.2, 0.25) is 0 Å². The van der Waals surface area contributed by atoms with Crippen molar-refractivity contribution in [2.24, 2.45) is 0 Å². The molecule has 0 radical (unpaired) electrons. The lowest BCUT2D eigenvalue weighted by Crippen LogP contribution is -2.31. The van der Waals surface area contributed by atoms with Crippen LogP contribution in [0.5, 0.6) is 0 Å². The molecule has 1 heteroatoms. The molecule has 0 saturated carbocycles. The minimum absolute atomic E-state index is 0.581. The highest BCUT2D eigenvalue weighted by Crippen LogP contribution is 2.50. The Kier molecular flexibility index (Phi) is 3.68. The van der Waals surface area contributed by atoms with Gasteiger partial charge in [0.25, 0.3) is 0 Å². The van der Waals surface area contributed by atoms with E-state index in [1.165, 1.54) is 36.1 Å². The van der Waals surface area contributed by atoms with Crippen LogP contribution in [0.2, 0.25) is 0 Å². The predicted octanol–water partition coefficient (Wildman–Crippen LogP) is 5.79. The molecule has 1 aliphatic heterocycles. The zero-order valence-electron chi connectivity index (χ0n) is 14.4. The number of benzene rings is 3. The van der Waals surface area contributed by atoms with Crippen LogP contribution >= 0.6 is 0 Å². The van der Waals surface area contributed by atoms with Crippen molar-refractivity contribution >= 4 is 0 Å². The molecule has 1 unspecified atom stereocenters. The average Bonchev–Trinajstić information content (AvgIpc) is 2.98. The maximum Gasteiger partial charge on any atom is 0.0360 e. The van der Waals surface area contributed by atoms with Crippen molar-refractivity contribution in [3.8, 4) is 11.1 Å². The Morgan fingerprint density at radius 2 is 1.52 bits per heavy atom. The van der Waals surface area contributed by atoms with Crippen molar-refractivity contribution in [2.45, 2.75) is 31.3 Å². The van der Waals surface area contributed by atoms with Gasteiger partial charge in [-0.1, -0.05) is 72.8 Å². The highest BCUT2D eigenvalue weighted by atomic mass is 15.2. The van der Waals surface area contributed by atoms with Crippen molar-refractivity contribution in [1.29, 1.82) is 0 Å². The van der Waals surface area contributed by atoms with E-state index >= 15 is 0 Å². The van der Waals surface area contributed by atoms with E-state index in [1.54, 1.807) is 11.1 Å². The van der Waals surface area contributed by atoms with Crippen LogP contribution in [0.4, 0.5) is 0 Å². The molecule has 0 aromatic heterocycles. The van der Waals surface area contributed by atoms with E-state index in [9.17, 15) is 0 Å². The molecule has 2 aliphatic rings. The van der Waals surface area contributed by atoms with Gasteiger partial charge in [-0.25, -0.2) is 0 Å². The van der Waals surface area contributed by atoms with Gasteiger partial charge in [-0.05, 0) is 59.2 Å². The fraction of sp³-hybridized carbons (Fsp3) is 0.250. The predicted molar refractivity (Wildman–Crippen MR) is 103 cm³/mol. The molecule has 1 aliphatic carbocycles. The summed E-state index contributed by atoms with van der Waals surface area (Å²) in [5.41, 5.74) is 7.27. The molecule has 25 heavy (non-hydrogen) atoms. The fourth-order valence-electron chi connectivity index (χ4n) is 4.67. The van der Waals surface area contributed by atoms with E-state index in [0.29, 0.717) is 6.04 Å². The van der Waals surface area contributed by atoms with Gasteiger partial charge in [0.05, 0.1) is 0 Å². The van der Waals surface area contributed by atoms with Gasteiger partial charge in [0.1, 0.15) is 0 Å². The fourth-order valence-corrected chi connectivity index (χ4v) is 4.67. The molecule has 0 amide bonds. The molecular weight excluding hydrogens is 302 g/mol. The Morgan fingerprint density at radius 1 is 0.760 bits per heavy atom. The van der Waals surface area contributed by atoms with Crippen LogP contribution in [-0.4, -0.2) is 11.4 Å². The maximum atomic E-state index is 2.69. The molecule has 2 atom stereocenters. The lowest BCUT2D eigenvalue weighted by atomic mass is 9.94. The number of fused-ring (bicyclic) bond motifs is 5. The van der Waals surface area contributed by atoms with Gasteiger partial charge >= 0.3 is 0 Å². The molecule has 1 fully saturated rings. The third kappa shape index (κ3) is 2.69. The standard InChI is InChI=1S/C24H23N/c1-3-7-18(8-4-1)17-25-14-13-21-16-24(25)23-15-20(11-12-22(21)23)19-9-5-2-6-10-19/h1-12,15,21,24H,13-14,16-17H2/t21?,24-/m1/s1. The molecular formula is C24H23N. The maximum absolute atomic E-state index is 2.69. The second-order valence-corrected chi connectivity index (χ2v) is 7.40. The van der Waals surface area contributed by atoms with Crippen LogP contribution in [0.15, 0.2) is 78.9 Å².